The Hall–Kier alpha value is -1.37. The van der Waals surface area contributed by atoms with Gasteiger partial charge in [0.25, 0.3) is 5.91 Å². The normalized spacial score (nSPS) is 9.88. The third-order valence-corrected chi connectivity index (χ3v) is 1.77. The van der Waals surface area contributed by atoms with E-state index in [1.807, 2.05) is 5.48 Å². The predicted octanol–water partition coefficient (Wildman–Crippen LogP) is 1.13. The Morgan fingerprint density at radius 1 is 1.38 bits per heavy atom. The van der Waals surface area contributed by atoms with Gasteiger partial charge in [0.15, 0.2) is 6.61 Å². The van der Waals surface area contributed by atoms with E-state index in [2.05, 4.69) is 9.82 Å². The van der Waals surface area contributed by atoms with Gasteiger partial charge in [-0.15, -0.1) is 0 Å². The molecule has 16 heavy (non-hydrogen) atoms. The van der Waals surface area contributed by atoms with E-state index >= 15 is 0 Å². The zero-order valence-corrected chi connectivity index (χ0v) is 9.25. The third kappa shape index (κ3) is 4.01. The summed E-state index contributed by atoms with van der Waals surface area (Å²) in [5, 5.41) is 8.36. The lowest BCUT2D eigenvalue weighted by atomic mass is 10.2. The summed E-state index contributed by atoms with van der Waals surface area (Å²) in [5.41, 5.74) is 2.04. The predicted molar refractivity (Wildman–Crippen MR) is 55.3 cm³/mol. The van der Waals surface area contributed by atoms with Gasteiger partial charge in [-0.1, -0.05) is 23.2 Å². The summed E-state index contributed by atoms with van der Waals surface area (Å²) in [5.74, 6) is -1.86. The van der Waals surface area contributed by atoms with Crippen molar-refractivity contribution in [1.29, 1.82) is 0 Å². The molecule has 1 rings (SSSR count). The third-order valence-electron chi connectivity index (χ3n) is 1.39. The number of carboxylic acids is 1. The van der Waals surface area contributed by atoms with E-state index in [-0.39, 0.29) is 15.9 Å². The van der Waals surface area contributed by atoms with E-state index in [0.717, 1.165) is 0 Å². The van der Waals surface area contributed by atoms with E-state index in [1.165, 1.54) is 12.1 Å². The summed E-state index contributed by atoms with van der Waals surface area (Å²) in [6, 6.07) is 2.54. The first-order valence-electron chi connectivity index (χ1n) is 3.96. The lowest BCUT2D eigenvalue weighted by Crippen LogP contribution is -2.26. The summed E-state index contributed by atoms with van der Waals surface area (Å²) in [6.45, 7) is -0.641. The largest absolute Gasteiger partial charge is 0.479 e. The zero-order valence-electron chi connectivity index (χ0n) is 7.74. The number of carbonyl (C=O) groups excluding carboxylic acids is 1. The molecular weight excluding hydrogens is 259 g/mol. The Kier molecular flexibility index (Phi) is 4.48. The van der Waals surface area contributed by atoms with E-state index in [4.69, 9.17) is 28.3 Å². The van der Waals surface area contributed by atoms with Crippen LogP contribution in [0.1, 0.15) is 10.4 Å². The van der Waals surface area contributed by atoms with Crippen molar-refractivity contribution in [2.45, 2.75) is 0 Å². The van der Waals surface area contributed by atoms with Crippen molar-refractivity contribution >= 4 is 35.1 Å². The Bertz CT molecular complexity index is 404. The van der Waals surface area contributed by atoms with Gasteiger partial charge >= 0.3 is 5.97 Å². The monoisotopic (exact) mass is 264 g/mol. The Labute approximate surface area is 100 Å². The Morgan fingerprint density at radius 3 is 2.44 bits per heavy atom. The number of nitrogens with one attached hydrogen (secondary N) is 1. The van der Waals surface area contributed by atoms with Crippen LogP contribution in [-0.2, 0) is 9.63 Å². The summed E-state index contributed by atoms with van der Waals surface area (Å²) in [6.07, 6.45) is 0. The number of hydroxylamine groups is 1. The lowest BCUT2D eigenvalue weighted by molar-refractivity contribution is -0.144. The Morgan fingerprint density at radius 2 is 1.94 bits per heavy atom. The maximum atomic E-state index is 11.4. The second kappa shape index (κ2) is 5.64. The molecular formula is C8H6Cl2N2O4. The molecule has 1 heterocycles. The van der Waals surface area contributed by atoms with Gasteiger partial charge < -0.3 is 5.11 Å². The molecule has 6 nitrogen and oxygen atoms in total. The molecule has 1 aromatic rings. The van der Waals surface area contributed by atoms with Crippen molar-refractivity contribution in [2.75, 3.05) is 6.61 Å². The summed E-state index contributed by atoms with van der Waals surface area (Å²) >= 11 is 11.1. The molecule has 0 unspecified atom stereocenters. The molecule has 0 fully saturated rings. The van der Waals surface area contributed by atoms with Crippen molar-refractivity contribution in [3.8, 4) is 0 Å². The number of carboxylic acid groups (broad SMARTS) is 1. The minimum Gasteiger partial charge on any atom is -0.479 e. The fourth-order valence-corrected chi connectivity index (χ4v) is 1.28. The Balaban J connectivity index is 2.62. The molecule has 0 saturated carbocycles. The smallest absolute Gasteiger partial charge is 0.332 e. The molecule has 0 atom stereocenters. The first-order valence-corrected chi connectivity index (χ1v) is 4.71. The number of amides is 1. The van der Waals surface area contributed by atoms with Crippen LogP contribution >= 0.6 is 23.2 Å². The maximum Gasteiger partial charge on any atom is 0.332 e. The van der Waals surface area contributed by atoms with Gasteiger partial charge in [-0.2, -0.15) is 0 Å². The van der Waals surface area contributed by atoms with Crippen LogP contribution in [-0.4, -0.2) is 28.6 Å². The first kappa shape index (κ1) is 12.7. The van der Waals surface area contributed by atoms with Gasteiger partial charge in [0, 0.05) is 5.56 Å². The van der Waals surface area contributed by atoms with Gasteiger partial charge in [0.05, 0.1) is 0 Å². The lowest BCUT2D eigenvalue weighted by Gasteiger charge is -2.04. The van der Waals surface area contributed by atoms with Crippen LogP contribution in [0.25, 0.3) is 0 Å². The standard InChI is InChI=1S/C8H6Cl2N2O4/c9-5-1-4(2-6(10)11-5)8(15)12-16-3-7(13)14/h1-2H,3H2,(H,12,15)(H,13,14). The number of carbonyl (C=O) groups is 2. The number of halogens is 2. The van der Waals surface area contributed by atoms with E-state index in [1.54, 1.807) is 0 Å². The van der Waals surface area contributed by atoms with E-state index in [0.29, 0.717) is 0 Å². The number of nitrogens with zero attached hydrogens (tertiary/aromatic N) is 1. The van der Waals surface area contributed by atoms with Crippen LogP contribution in [0.15, 0.2) is 12.1 Å². The van der Waals surface area contributed by atoms with Crippen LogP contribution in [0.3, 0.4) is 0 Å². The molecule has 0 radical (unpaired) electrons. The van der Waals surface area contributed by atoms with Crippen molar-refractivity contribution in [3.05, 3.63) is 28.0 Å². The van der Waals surface area contributed by atoms with Gasteiger partial charge in [0.1, 0.15) is 10.3 Å². The minimum atomic E-state index is -1.20. The van der Waals surface area contributed by atoms with Gasteiger partial charge in [-0.25, -0.2) is 15.3 Å². The summed E-state index contributed by atoms with van der Waals surface area (Å²) in [7, 11) is 0. The highest BCUT2D eigenvalue weighted by atomic mass is 35.5. The maximum absolute atomic E-state index is 11.4. The number of rotatable bonds is 4. The average Bonchev–Trinajstić information content (AvgIpc) is 2.15. The molecule has 0 aromatic carbocycles. The van der Waals surface area contributed by atoms with E-state index in [9.17, 15) is 9.59 Å². The average molecular weight is 265 g/mol. The molecule has 0 aliphatic heterocycles. The number of aromatic nitrogens is 1. The molecule has 0 spiro atoms. The molecule has 0 aliphatic carbocycles. The first-order chi connectivity index (χ1) is 7.49. The fourth-order valence-electron chi connectivity index (χ4n) is 0.818. The van der Waals surface area contributed by atoms with Crippen LogP contribution < -0.4 is 5.48 Å². The highest BCUT2D eigenvalue weighted by Crippen LogP contribution is 2.14. The minimum absolute atomic E-state index is 0.0517. The van der Waals surface area contributed by atoms with Crippen LogP contribution in [0.5, 0.6) is 0 Å². The molecule has 0 bridgehead atoms. The topological polar surface area (TPSA) is 88.5 Å². The second-order valence-corrected chi connectivity index (χ2v) is 3.39. The number of hydrogen-bond acceptors (Lipinski definition) is 4. The zero-order chi connectivity index (χ0) is 12.1. The van der Waals surface area contributed by atoms with E-state index < -0.39 is 18.5 Å². The van der Waals surface area contributed by atoms with Crippen LogP contribution in [0.2, 0.25) is 10.3 Å². The highest BCUT2D eigenvalue weighted by molar-refractivity contribution is 6.33. The quantitative estimate of drug-likeness (QED) is 0.629. The molecule has 1 amide bonds. The molecule has 0 saturated heterocycles. The number of aliphatic carboxylic acids is 1. The fraction of sp³-hybridized carbons (Fsp3) is 0.125. The van der Waals surface area contributed by atoms with Crippen LogP contribution in [0, 0.1) is 0 Å². The summed E-state index contributed by atoms with van der Waals surface area (Å²) < 4.78 is 0. The van der Waals surface area contributed by atoms with Crippen molar-refractivity contribution in [1.82, 2.24) is 10.5 Å². The molecule has 8 heteroatoms. The molecule has 86 valence electrons. The van der Waals surface area contributed by atoms with Gasteiger partial charge in [0.2, 0.25) is 0 Å². The van der Waals surface area contributed by atoms with Crippen molar-refractivity contribution in [2.24, 2.45) is 0 Å². The number of hydrogen-bond donors (Lipinski definition) is 2. The molecule has 1 aromatic heterocycles. The second-order valence-electron chi connectivity index (χ2n) is 2.61. The molecule has 2 N–H and O–H groups in total. The highest BCUT2D eigenvalue weighted by Gasteiger charge is 2.09. The van der Waals surface area contributed by atoms with Crippen molar-refractivity contribution in [3.63, 3.8) is 0 Å². The van der Waals surface area contributed by atoms with Gasteiger partial charge in [-0.3, -0.25) is 9.63 Å². The van der Waals surface area contributed by atoms with Gasteiger partial charge in [-0.05, 0) is 12.1 Å². The molecule has 0 aliphatic rings. The summed E-state index contributed by atoms with van der Waals surface area (Å²) in [4.78, 5) is 29.5. The van der Waals surface area contributed by atoms with Crippen LogP contribution in [0.4, 0.5) is 0 Å². The van der Waals surface area contributed by atoms with Crippen molar-refractivity contribution < 1.29 is 19.5 Å². The SMILES string of the molecule is O=C(O)CONC(=O)c1cc(Cl)nc(Cl)c1. The number of pyridine rings is 1.